The van der Waals surface area contributed by atoms with Crippen LogP contribution in [0, 0.1) is 5.82 Å². The Labute approximate surface area is 169 Å². The smallest absolute Gasteiger partial charge is 0.146 e. The van der Waals surface area contributed by atoms with Crippen LogP contribution in [0.25, 0.3) is 0 Å². The van der Waals surface area contributed by atoms with E-state index >= 15 is 0 Å². The van der Waals surface area contributed by atoms with Gasteiger partial charge >= 0.3 is 0 Å². The monoisotopic (exact) mass is 394 g/mol. The Kier molecular flexibility index (Phi) is 5.31. The number of rotatable bonds is 5. The fourth-order valence-electron chi connectivity index (χ4n) is 3.36. The summed E-state index contributed by atoms with van der Waals surface area (Å²) in [6.45, 7) is 3.67. The molecule has 142 valence electrons. The third-order valence-corrected chi connectivity index (χ3v) is 5.30. The van der Waals surface area contributed by atoms with E-state index in [0.29, 0.717) is 10.6 Å². The molecule has 3 aromatic carbocycles. The zero-order valence-corrected chi connectivity index (χ0v) is 16.3. The van der Waals surface area contributed by atoms with Crippen LogP contribution in [-0.4, -0.2) is 5.71 Å². The van der Waals surface area contributed by atoms with Crippen molar-refractivity contribution in [2.24, 2.45) is 5.16 Å². The van der Waals surface area contributed by atoms with Gasteiger partial charge in [-0.3, -0.25) is 0 Å². The minimum atomic E-state index is -0.393. The number of hydrogen-bond donors (Lipinski definition) is 0. The number of anilines is 1. The molecular weight excluding hydrogens is 375 g/mol. The highest BCUT2D eigenvalue weighted by molar-refractivity contribution is 6.31. The maximum atomic E-state index is 13.8. The molecule has 0 radical (unpaired) electrons. The fraction of sp³-hybridized carbons (Fsp3) is 0.174. The molecule has 0 bridgehead atoms. The number of benzene rings is 3. The molecule has 1 heterocycles. The van der Waals surface area contributed by atoms with Crippen LogP contribution < -0.4 is 4.90 Å². The standard InChI is InChI=1S/C23H20ClFN2O/c1-16(26-28-15-21-22(24)10-5-11-23(21)25)17-8-4-9-20(12-17)27-13-18-6-2-3-7-19(18)14-27/h2-12H,13-15H2,1H3/b26-16-. The maximum absolute atomic E-state index is 13.8. The van der Waals surface area contributed by atoms with Crippen molar-refractivity contribution in [3.63, 3.8) is 0 Å². The first-order valence-electron chi connectivity index (χ1n) is 9.13. The number of oxime groups is 1. The van der Waals surface area contributed by atoms with Crippen LogP contribution in [0.3, 0.4) is 0 Å². The highest BCUT2D eigenvalue weighted by atomic mass is 35.5. The summed E-state index contributed by atoms with van der Waals surface area (Å²) >= 11 is 6.02. The van der Waals surface area contributed by atoms with Crippen LogP contribution >= 0.6 is 11.6 Å². The molecule has 28 heavy (non-hydrogen) atoms. The van der Waals surface area contributed by atoms with E-state index in [2.05, 4.69) is 46.5 Å². The van der Waals surface area contributed by atoms with Gasteiger partial charge in [0.15, 0.2) is 0 Å². The van der Waals surface area contributed by atoms with E-state index in [4.69, 9.17) is 16.4 Å². The topological polar surface area (TPSA) is 24.8 Å². The Morgan fingerprint density at radius 3 is 2.46 bits per heavy atom. The van der Waals surface area contributed by atoms with Gasteiger partial charge in [-0.25, -0.2) is 4.39 Å². The molecule has 0 saturated carbocycles. The fourth-order valence-corrected chi connectivity index (χ4v) is 3.58. The second-order valence-electron chi connectivity index (χ2n) is 6.83. The highest BCUT2D eigenvalue weighted by Gasteiger charge is 2.18. The van der Waals surface area contributed by atoms with Crippen molar-refractivity contribution < 1.29 is 9.23 Å². The van der Waals surface area contributed by atoms with Crippen LogP contribution in [0.4, 0.5) is 10.1 Å². The van der Waals surface area contributed by atoms with Gasteiger partial charge in [-0.15, -0.1) is 0 Å². The van der Waals surface area contributed by atoms with Crippen molar-refractivity contribution in [1.29, 1.82) is 0 Å². The Morgan fingerprint density at radius 2 is 1.75 bits per heavy atom. The SMILES string of the molecule is C/C(=N/OCc1c(F)cccc1Cl)c1cccc(N2Cc3ccccc3C2)c1. The molecule has 4 rings (SSSR count). The average molecular weight is 395 g/mol. The summed E-state index contributed by atoms with van der Waals surface area (Å²) in [7, 11) is 0. The van der Waals surface area contributed by atoms with E-state index in [1.165, 1.54) is 17.2 Å². The van der Waals surface area contributed by atoms with E-state index < -0.39 is 5.82 Å². The molecule has 1 aliphatic heterocycles. The summed E-state index contributed by atoms with van der Waals surface area (Å²) in [5.41, 5.74) is 5.87. The van der Waals surface area contributed by atoms with Crippen molar-refractivity contribution in [3.8, 4) is 0 Å². The van der Waals surface area contributed by atoms with Gasteiger partial charge in [-0.05, 0) is 42.3 Å². The molecule has 1 aliphatic rings. The van der Waals surface area contributed by atoms with Gasteiger partial charge in [0.25, 0.3) is 0 Å². The number of fused-ring (bicyclic) bond motifs is 1. The van der Waals surface area contributed by atoms with Gasteiger partial charge in [0.1, 0.15) is 12.4 Å². The van der Waals surface area contributed by atoms with Crippen molar-refractivity contribution >= 4 is 23.0 Å². The highest BCUT2D eigenvalue weighted by Crippen LogP contribution is 2.28. The van der Waals surface area contributed by atoms with Gasteiger partial charge in [0.05, 0.1) is 10.7 Å². The number of nitrogens with zero attached hydrogens (tertiary/aromatic N) is 2. The molecule has 3 nitrogen and oxygen atoms in total. The Bertz CT molecular complexity index is 989. The molecule has 0 saturated heterocycles. The van der Waals surface area contributed by atoms with Crippen molar-refractivity contribution in [1.82, 2.24) is 0 Å². The Hall–Kier alpha value is -2.85. The van der Waals surface area contributed by atoms with Gasteiger partial charge in [-0.1, -0.05) is 59.2 Å². The van der Waals surface area contributed by atoms with Crippen LogP contribution in [0.15, 0.2) is 71.9 Å². The first-order chi connectivity index (χ1) is 13.6. The molecule has 0 amide bonds. The van der Waals surface area contributed by atoms with Gasteiger partial charge in [0, 0.05) is 29.9 Å². The third-order valence-electron chi connectivity index (χ3n) is 4.94. The minimum Gasteiger partial charge on any atom is -0.391 e. The second kappa shape index (κ2) is 8.03. The molecule has 0 unspecified atom stereocenters. The van der Waals surface area contributed by atoms with Gasteiger partial charge < -0.3 is 9.74 Å². The third kappa shape index (κ3) is 3.87. The summed E-state index contributed by atoms with van der Waals surface area (Å²) < 4.78 is 13.8. The van der Waals surface area contributed by atoms with E-state index in [1.54, 1.807) is 12.1 Å². The molecular formula is C23H20ClFN2O. The zero-order valence-electron chi connectivity index (χ0n) is 15.5. The molecule has 0 atom stereocenters. The van der Waals surface area contributed by atoms with Crippen molar-refractivity contribution in [2.45, 2.75) is 26.6 Å². The number of halogens is 2. The van der Waals surface area contributed by atoms with Crippen molar-refractivity contribution in [3.05, 3.63) is 99.8 Å². The summed E-state index contributed by atoms with van der Waals surface area (Å²) in [6.07, 6.45) is 0. The van der Waals surface area contributed by atoms with Crippen LogP contribution in [0.2, 0.25) is 5.02 Å². The summed E-state index contributed by atoms with van der Waals surface area (Å²) in [5, 5.41) is 4.49. The normalized spacial score (nSPS) is 13.5. The summed E-state index contributed by atoms with van der Waals surface area (Å²) in [4.78, 5) is 7.70. The lowest BCUT2D eigenvalue weighted by Gasteiger charge is -2.18. The maximum Gasteiger partial charge on any atom is 0.146 e. The van der Waals surface area contributed by atoms with Gasteiger partial charge in [0.2, 0.25) is 0 Å². The lowest BCUT2D eigenvalue weighted by Crippen LogP contribution is -2.14. The van der Waals surface area contributed by atoms with Crippen molar-refractivity contribution in [2.75, 3.05) is 4.90 Å². The van der Waals surface area contributed by atoms with E-state index in [0.717, 1.165) is 30.1 Å². The first-order valence-corrected chi connectivity index (χ1v) is 9.51. The molecule has 0 N–H and O–H groups in total. The van der Waals surface area contributed by atoms with Gasteiger partial charge in [-0.2, -0.15) is 0 Å². The summed E-state index contributed by atoms with van der Waals surface area (Å²) in [6, 6.07) is 21.3. The molecule has 3 aromatic rings. The summed E-state index contributed by atoms with van der Waals surface area (Å²) in [5.74, 6) is -0.393. The quantitative estimate of drug-likeness (QED) is 0.395. The molecule has 0 aromatic heterocycles. The van der Waals surface area contributed by atoms with E-state index in [-0.39, 0.29) is 6.61 Å². The Morgan fingerprint density at radius 1 is 1.04 bits per heavy atom. The van der Waals surface area contributed by atoms with Crippen LogP contribution in [-0.2, 0) is 24.5 Å². The molecule has 0 fully saturated rings. The molecule has 0 spiro atoms. The zero-order chi connectivity index (χ0) is 19.5. The predicted octanol–water partition coefficient (Wildman–Crippen LogP) is 5.94. The number of hydrogen-bond acceptors (Lipinski definition) is 3. The second-order valence-corrected chi connectivity index (χ2v) is 7.23. The predicted molar refractivity (Wildman–Crippen MR) is 111 cm³/mol. The lowest BCUT2D eigenvalue weighted by atomic mass is 10.1. The van der Waals surface area contributed by atoms with E-state index in [1.807, 2.05) is 19.1 Å². The molecule has 5 heteroatoms. The average Bonchev–Trinajstić information content (AvgIpc) is 3.14. The Balaban J connectivity index is 1.46. The van der Waals surface area contributed by atoms with E-state index in [9.17, 15) is 4.39 Å². The minimum absolute atomic E-state index is 0.00995. The lowest BCUT2D eigenvalue weighted by molar-refractivity contribution is 0.128. The molecule has 0 aliphatic carbocycles. The first kappa shape index (κ1) is 18.5. The van der Waals surface area contributed by atoms with Crippen LogP contribution in [0.5, 0.6) is 0 Å². The van der Waals surface area contributed by atoms with Crippen LogP contribution in [0.1, 0.15) is 29.2 Å². The largest absolute Gasteiger partial charge is 0.391 e.